The van der Waals surface area contributed by atoms with E-state index in [0.29, 0.717) is 0 Å². The van der Waals surface area contributed by atoms with Gasteiger partial charge in [-0.1, -0.05) is 69.2 Å². The van der Waals surface area contributed by atoms with Crippen molar-refractivity contribution in [1.82, 2.24) is 0 Å². The third kappa shape index (κ3) is 43.2. The molecule has 0 aromatic heterocycles. The van der Waals surface area contributed by atoms with Gasteiger partial charge in [-0.15, -0.1) is 0 Å². The van der Waals surface area contributed by atoms with Crippen molar-refractivity contribution in [3.8, 4) is 0 Å². The summed E-state index contributed by atoms with van der Waals surface area (Å²) in [6.07, 6.45) is -5.09. The number of carbonyl (C=O) groups is 5. The van der Waals surface area contributed by atoms with Crippen LogP contribution in [0.2, 0.25) is 0 Å². The van der Waals surface area contributed by atoms with Gasteiger partial charge in [0.2, 0.25) is 0 Å². The Morgan fingerprint density at radius 2 is 0.794 bits per heavy atom. The van der Waals surface area contributed by atoms with E-state index < -0.39 is 48.2 Å². The second kappa shape index (κ2) is 37.6. The number of aliphatic carboxylic acids is 5. The predicted octanol–water partition coefficient (Wildman–Crippen LogP) is 3.95. The molecule has 5 N–H and O–H groups in total. The standard InChI is InChI=1S/C8H12O8.C4H8O2.C2H4O2.4C2H6/c1-3(6(9)10)16-5(8(13)14)4(15-2)7(11)12;1-3(2)4(5)6;1-2(3)4;4*1-2/h3-5H,1-2H3,(H,9,10)(H,11,12)(H,13,14);3H,1-2H3,(H,5,6);1H3,(H,3,4);4*1-2H3. The van der Waals surface area contributed by atoms with E-state index in [1.165, 1.54) is 0 Å². The van der Waals surface area contributed by atoms with Crippen LogP contribution in [0.3, 0.4) is 0 Å². The molecule has 0 rings (SSSR count). The quantitative estimate of drug-likeness (QED) is 0.318. The molecule has 0 spiro atoms. The summed E-state index contributed by atoms with van der Waals surface area (Å²) in [4.78, 5) is 50.4. The molecule has 0 radical (unpaired) electrons. The van der Waals surface area contributed by atoms with Gasteiger partial charge in [0.05, 0.1) is 5.92 Å². The minimum Gasteiger partial charge on any atom is -0.481 e. The SMILES string of the molecule is CC.CC.CC.CC.CC(=O)O.CC(C)C(=O)O.COC(C(=O)O)C(OC(C)C(=O)O)C(=O)O. The van der Waals surface area contributed by atoms with Crippen molar-refractivity contribution in [2.75, 3.05) is 7.11 Å². The average Bonchev–Trinajstić information content (AvgIpc) is 2.78. The van der Waals surface area contributed by atoms with Crippen LogP contribution < -0.4 is 0 Å². The predicted molar refractivity (Wildman–Crippen MR) is 129 cm³/mol. The van der Waals surface area contributed by atoms with Gasteiger partial charge >= 0.3 is 23.9 Å². The minimum absolute atomic E-state index is 0.231. The van der Waals surface area contributed by atoms with Crippen molar-refractivity contribution in [1.29, 1.82) is 0 Å². The van der Waals surface area contributed by atoms with Gasteiger partial charge in [-0.25, -0.2) is 14.4 Å². The second-order valence-electron chi connectivity index (χ2n) is 4.88. The van der Waals surface area contributed by atoms with Gasteiger partial charge in [-0.05, 0) is 6.92 Å². The molecule has 208 valence electrons. The van der Waals surface area contributed by atoms with Gasteiger partial charge in [0.1, 0.15) is 0 Å². The molecule has 0 aliphatic carbocycles. The highest BCUT2D eigenvalue weighted by atomic mass is 16.6. The van der Waals surface area contributed by atoms with E-state index in [1.807, 2.05) is 55.4 Å². The fourth-order valence-corrected chi connectivity index (χ4v) is 0.891. The van der Waals surface area contributed by atoms with Crippen molar-refractivity contribution in [2.45, 2.75) is 101 Å². The summed E-state index contributed by atoms with van der Waals surface area (Å²) in [6.45, 7) is 21.5. The topological polar surface area (TPSA) is 205 Å². The Bertz CT molecular complexity index is 486. The number of ether oxygens (including phenoxy) is 2. The number of carboxylic acids is 5. The zero-order valence-corrected chi connectivity index (χ0v) is 22.9. The lowest BCUT2D eigenvalue weighted by Gasteiger charge is -2.21. The molecule has 0 aromatic carbocycles. The van der Waals surface area contributed by atoms with Crippen LogP contribution in [0.15, 0.2) is 0 Å². The Labute approximate surface area is 203 Å². The smallest absolute Gasteiger partial charge is 0.336 e. The first kappa shape index (κ1) is 48.6. The van der Waals surface area contributed by atoms with E-state index in [9.17, 15) is 19.2 Å². The highest BCUT2D eigenvalue weighted by Gasteiger charge is 2.37. The lowest BCUT2D eigenvalue weighted by atomic mass is 10.2. The minimum atomic E-state index is -1.88. The molecule has 0 saturated heterocycles. The van der Waals surface area contributed by atoms with Gasteiger partial charge in [0.15, 0.2) is 18.3 Å². The first-order valence-corrected chi connectivity index (χ1v) is 11.0. The first-order chi connectivity index (χ1) is 15.7. The van der Waals surface area contributed by atoms with E-state index in [4.69, 9.17) is 30.3 Å². The molecule has 0 aromatic rings. The van der Waals surface area contributed by atoms with Crippen LogP contribution in [0, 0.1) is 5.92 Å². The number of carboxylic acid groups (broad SMARTS) is 5. The number of hydrogen-bond donors (Lipinski definition) is 5. The Kier molecular flexibility index (Phi) is 53.8. The summed E-state index contributed by atoms with van der Waals surface area (Å²) in [6, 6.07) is 0. The monoisotopic (exact) mass is 504 g/mol. The molecular formula is C22H48O12. The van der Waals surface area contributed by atoms with Crippen LogP contribution in [0.1, 0.15) is 83.1 Å². The van der Waals surface area contributed by atoms with Crippen molar-refractivity contribution < 1.29 is 59.0 Å². The van der Waals surface area contributed by atoms with Crippen LogP contribution in [-0.4, -0.2) is 80.8 Å². The van der Waals surface area contributed by atoms with Crippen molar-refractivity contribution >= 4 is 29.8 Å². The van der Waals surface area contributed by atoms with Crippen LogP contribution >= 0.6 is 0 Å². The molecule has 0 fully saturated rings. The first-order valence-electron chi connectivity index (χ1n) is 11.0. The highest BCUT2D eigenvalue weighted by Crippen LogP contribution is 2.08. The van der Waals surface area contributed by atoms with Crippen molar-refractivity contribution in [2.24, 2.45) is 5.92 Å². The molecule has 12 heteroatoms. The molecule has 0 aliphatic heterocycles. The van der Waals surface area contributed by atoms with E-state index in [1.54, 1.807) is 13.8 Å². The zero-order chi connectivity index (χ0) is 29.6. The van der Waals surface area contributed by atoms with Crippen molar-refractivity contribution in [3.05, 3.63) is 0 Å². The Hall–Kier alpha value is -2.73. The number of hydrogen-bond acceptors (Lipinski definition) is 7. The number of rotatable bonds is 8. The van der Waals surface area contributed by atoms with Gasteiger partial charge in [-0.3, -0.25) is 9.59 Å². The summed E-state index contributed by atoms with van der Waals surface area (Å²) in [5, 5.41) is 41.2. The summed E-state index contributed by atoms with van der Waals surface area (Å²) in [5.41, 5.74) is 0. The average molecular weight is 505 g/mol. The van der Waals surface area contributed by atoms with Crippen LogP contribution in [0.5, 0.6) is 0 Å². The Morgan fingerprint density at radius 3 is 0.912 bits per heavy atom. The van der Waals surface area contributed by atoms with Gasteiger partial charge in [-0.2, -0.15) is 0 Å². The maximum Gasteiger partial charge on any atom is 0.336 e. The normalized spacial score (nSPS) is 10.6. The molecule has 0 bridgehead atoms. The van der Waals surface area contributed by atoms with Crippen LogP contribution in [0.4, 0.5) is 0 Å². The third-order valence-electron chi connectivity index (χ3n) is 2.21. The van der Waals surface area contributed by atoms with Gasteiger partial charge < -0.3 is 35.0 Å². The maximum absolute atomic E-state index is 10.7. The Morgan fingerprint density at radius 1 is 0.559 bits per heavy atom. The molecule has 3 unspecified atom stereocenters. The fraction of sp³-hybridized carbons (Fsp3) is 0.773. The molecule has 0 heterocycles. The third-order valence-corrected chi connectivity index (χ3v) is 2.21. The van der Waals surface area contributed by atoms with E-state index in [0.717, 1.165) is 21.0 Å². The molecule has 3 atom stereocenters. The largest absolute Gasteiger partial charge is 0.481 e. The van der Waals surface area contributed by atoms with E-state index in [-0.39, 0.29) is 5.92 Å². The summed E-state index contributed by atoms with van der Waals surface area (Å²) >= 11 is 0. The van der Waals surface area contributed by atoms with Crippen LogP contribution in [0.25, 0.3) is 0 Å². The summed E-state index contributed by atoms with van der Waals surface area (Å²) in [7, 11) is 0.990. The molecule has 0 amide bonds. The fourth-order valence-electron chi connectivity index (χ4n) is 0.891. The lowest BCUT2D eigenvalue weighted by Crippen LogP contribution is -2.45. The second-order valence-corrected chi connectivity index (χ2v) is 4.88. The summed E-state index contributed by atoms with van der Waals surface area (Å²) in [5.74, 6) is -6.36. The van der Waals surface area contributed by atoms with Gasteiger partial charge in [0, 0.05) is 14.0 Å². The van der Waals surface area contributed by atoms with Gasteiger partial charge in [0.25, 0.3) is 5.97 Å². The molecule has 0 aliphatic rings. The Balaban J connectivity index is -0.0000000668. The molecule has 34 heavy (non-hydrogen) atoms. The summed E-state index contributed by atoms with van der Waals surface area (Å²) < 4.78 is 9.00. The van der Waals surface area contributed by atoms with Crippen molar-refractivity contribution in [3.63, 3.8) is 0 Å². The number of methoxy groups -OCH3 is 1. The highest BCUT2D eigenvalue weighted by molar-refractivity contribution is 5.84. The molecular weight excluding hydrogens is 456 g/mol. The molecule has 12 nitrogen and oxygen atoms in total. The van der Waals surface area contributed by atoms with E-state index in [2.05, 4.69) is 9.47 Å². The zero-order valence-electron chi connectivity index (χ0n) is 22.9. The van der Waals surface area contributed by atoms with Crippen LogP contribution in [-0.2, 0) is 33.4 Å². The maximum atomic E-state index is 10.7. The van der Waals surface area contributed by atoms with E-state index >= 15 is 0 Å². The lowest BCUT2D eigenvalue weighted by molar-refractivity contribution is -0.183. The molecule has 0 saturated carbocycles.